The molecule has 0 fully saturated rings. The number of rotatable bonds is 4. The summed E-state index contributed by atoms with van der Waals surface area (Å²) in [6, 6.07) is 53.9. The molecule has 3 N–H and O–H groups in total. The van der Waals surface area contributed by atoms with Gasteiger partial charge in [0.2, 0.25) is 0 Å². The molecular weight excluding hydrogens is 587 g/mol. The molecule has 9 aromatic rings. The van der Waals surface area contributed by atoms with Crippen LogP contribution in [-0.2, 0) is 0 Å². The number of nitrogens with zero attached hydrogens (tertiary/aromatic N) is 1. The van der Waals surface area contributed by atoms with E-state index in [9.17, 15) is 5.41 Å². The van der Waals surface area contributed by atoms with Crippen LogP contribution in [0.25, 0.3) is 76.5 Å². The van der Waals surface area contributed by atoms with Crippen molar-refractivity contribution in [2.45, 2.75) is 0 Å². The van der Waals surface area contributed by atoms with Crippen molar-refractivity contribution in [3.8, 4) is 22.3 Å². The van der Waals surface area contributed by atoms with Crippen molar-refractivity contribution >= 4 is 65.9 Å². The van der Waals surface area contributed by atoms with Crippen LogP contribution < -0.4 is 5.73 Å². The summed E-state index contributed by atoms with van der Waals surface area (Å²) in [6.07, 6.45) is 0. The van der Waals surface area contributed by atoms with Crippen LogP contribution in [-0.4, -0.2) is 11.7 Å². The molecule has 0 spiro atoms. The van der Waals surface area contributed by atoms with Gasteiger partial charge in [-0.05, 0) is 55.8 Å². The van der Waals surface area contributed by atoms with Crippen molar-refractivity contribution in [2.24, 2.45) is 10.7 Å². The molecule has 8 aromatic carbocycles. The molecule has 0 bridgehead atoms. The second-order valence-corrected chi connectivity index (χ2v) is 12.1. The van der Waals surface area contributed by atoms with E-state index in [-0.39, 0.29) is 5.84 Å². The smallest absolute Gasteiger partial charge is 0.155 e. The first-order chi connectivity index (χ1) is 23.7. The Balaban J connectivity index is 1.26. The molecule has 0 aliphatic heterocycles. The van der Waals surface area contributed by atoms with E-state index in [4.69, 9.17) is 10.2 Å². The van der Waals surface area contributed by atoms with Crippen molar-refractivity contribution in [3.05, 3.63) is 169 Å². The van der Waals surface area contributed by atoms with Crippen molar-refractivity contribution in [2.75, 3.05) is 0 Å². The number of hydrogen-bond donors (Lipinski definition) is 2. The summed E-state index contributed by atoms with van der Waals surface area (Å²) in [5, 5.41) is 18.1. The minimum absolute atomic E-state index is 0.126. The lowest BCUT2D eigenvalue weighted by Crippen LogP contribution is -2.16. The van der Waals surface area contributed by atoms with Crippen molar-refractivity contribution < 1.29 is 4.42 Å². The topological polar surface area (TPSA) is 75.4 Å². The zero-order valence-corrected chi connectivity index (χ0v) is 25.9. The van der Waals surface area contributed by atoms with Crippen LogP contribution in [0.2, 0.25) is 0 Å². The van der Waals surface area contributed by atoms with Crippen LogP contribution in [0.4, 0.5) is 0 Å². The summed E-state index contributed by atoms with van der Waals surface area (Å²) in [6.45, 7) is 0. The molecule has 48 heavy (non-hydrogen) atoms. The standard InChI is InChI=1S/C44H29N3O/c45-43(29-12-2-1-3-13-29)47-44(46)41-35-19-8-5-15-31(35)30-14-4-7-18-34(30)40(41)28-24-22-27(23-25-28)37-26-38-33-17-10-11-21-39(33)48-42(38)36-20-9-6-16-32(36)37/h1-26H,(H3,45,46,47). The van der Waals surface area contributed by atoms with Crippen LogP contribution in [0, 0.1) is 5.41 Å². The predicted molar refractivity (Wildman–Crippen MR) is 201 cm³/mol. The molecular formula is C44H29N3O. The maximum atomic E-state index is 9.37. The van der Waals surface area contributed by atoms with Gasteiger partial charge < -0.3 is 10.2 Å². The Kier molecular flexibility index (Phi) is 6.41. The highest BCUT2D eigenvalue weighted by Gasteiger charge is 2.20. The Morgan fingerprint density at radius 3 is 1.77 bits per heavy atom. The molecule has 0 saturated carbocycles. The Labute approximate surface area is 276 Å². The molecule has 1 heterocycles. The molecule has 0 saturated heterocycles. The first kappa shape index (κ1) is 27.8. The van der Waals surface area contributed by atoms with Gasteiger partial charge in [-0.25, -0.2) is 4.99 Å². The second kappa shape index (κ2) is 11.1. The highest BCUT2D eigenvalue weighted by Crippen LogP contribution is 2.42. The molecule has 0 aliphatic carbocycles. The molecule has 0 radical (unpaired) electrons. The molecule has 0 unspecified atom stereocenters. The van der Waals surface area contributed by atoms with E-state index in [0.29, 0.717) is 5.84 Å². The van der Waals surface area contributed by atoms with E-state index in [2.05, 4.69) is 108 Å². The molecule has 1 aromatic heterocycles. The summed E-state index contributed by atoms with van der Waals surface area (Å²) in [5.41, 5.74) is 14.0. The van der Waals surface area contributed by atoms with Crippen LogP contribution in [0.3, 0.4) is 0 Å². The summed E-state index contributed by atoms with van der Waals surface area (Å²) in [7, 11) is 0. The Morgan fingerprint density at radius 1 is 0.500 bits per heavy atom. The fraction of sp³-hybridized carbons (Fsp3) is 0. The normalized spacial score (nSPS) is 12.0. The fourth-order valence-electron chi connectivity index (χ4n) is 7.14. The minimum atomic E-state index is 0.126. The minimum Gasteiger partial charge on any atom is -0.455 e. The Morgan fingerprint density at radius 2 is 1.04 bits per heavy atom. The van der Waals surface area contributed by atoms with Crippen LogP contribution in [0.5, 0.6) is 0 Å². The van der Waals surface area contributed by atoms with Gasteiger partial charge in [0.05, 0.1) is 0 Å². The molecule has 4 nitrogen and oxygen atoms in total. The Hall–Kier alpha value is -6.52. The van der Waals surface area contributed by atoms with E-state index in [0.717, 1.165) is 87.6 Å². The van der Waals surface area contributed by atoms with E-state index in [1.54, 1.807) is 0 Å². The second-order valence-electron chi connectivity index (χ2n) is 12.1. The number of benzene rings is 8. The maximum absolute atomic E-state index is 9.37. The Bertz CT molecular complexity index is 2740. The van der Waals surface area contributed by atoms with E-state index in [1.165, 1.54) is 0 Å². The summed E-state index contributed by atoms with van der Waals surface area (Å²) in [4.78, 5) is 4.68. The number of furan rings is 1. The van der Waals surface area contributed by atoms with Gasteiger partial charge >= 0.3 is 0 Å². The highest BCUT2D eigenvalue weighted by atomic mass is 16.3. The monoisotopic (exact) mass is 615 g/mol. The SMILES string of the molecule is N=C(N=C(N)c1ccccc1)c1c(-c2ccc(-c3cc4c5ccccc5oc4c4ccccc34)cc2)c2ccccc2c2ccccc12. The van der Waals surface area contributed by atoms with Crippen LogP contribution in [0.15, 0.2) is 167 Å². The molecule has 0 amide bonds. The van der Waals surface area contributed by atoms with Gasteiger partial charge in [-0.2, -0.15) is 0 Å². The predicted octanol–water partition coefficient (Wildman–Crippen LogP) is 11.1. The van der Waals surface area contributed by atoms with Gasteiger partial charge in [-0.1, -0.05) is 146 Å². The third-order valence-corrected chi connectivity index (χ3v) is 9.34. The van der Waals surface area contributed by atoms with Crippen LogP contribution in [0.1, 0.15) is 11.1 Å². The maximum Gasteiger partial charge on any atom is 0.155 e. The zero-order chi connectivity index (χ0) is 32.2. The van der Waals surface area contributed by atoms with Gasteiger partial charge in [0.15, 0.2) is 5.84 Å². The van der Waals surface area contributed by atoms with Gasteiger partial charge in [0.25, 0.3) is 0 Å². The third kappa shape index (κ3) is 4.38. The van der Waals surface area contributed by atoms with Crippen molar-refractivity contribution in [3.63, 3.8) is 0 Å². The number of amidine groups is 2. The molecule has 0 aliphatic rings. The average molecular weight is 616 g/mol. The summed E-state index contributed by atoms with van der Waals surface area (Å²) < 4.78 is 6.36. The molecule has 9 rings (SSSR count). The lowest BCUT2D eigenvalue weighted by Gasteiger charge is -2.18. The largest absolute Gasteiger partial charge is 0.455 e. The van der Waals surface area contributed by atoms with E-state index >= 15 is 0 Å². The number of nitrogens with two attached hydrogens (primary N) is 1. The first-order valence-electron chi connectivity index (χ1n) is 16.0. The molecule has 0 atom stereocenters. The number of hydrogen-bond acceptors (Lipinski definition) is 2. The lowest BCUT2D eigenvalue weighted by atomic mass is 9.86. The van der Waals surface area contributed by atoms with Crippen molar-refractivity contribution in [1.82, 2.24) is 0 Å². The van der Waals surface area contributed by atoms with Gasteiger partial charge in [0, 0.05) is 32.8 Å². The third-order valence-electron chi connectivity index (χ3n) is 9.34. The van der Waals surface area contributed by atoms with Gasteiger partial charge in [0.1, 0.15) is 17.0 Å². The van der Waals surface area contributed by atoms with E-state index in [1.807, 2.05) is 54.6 Å². The van der Waals surface area contributed by atoms with Gasteiger partial charge in [-0.15, -0.1) is 0 Å². The lowest BCUT2D eigenvalue weighted by molar-refractivity contribution is 0.672. The number of fused-ring (bicyclic) bond motifs is 8. The van der Waals surface area contributed by atoms with Gasteiger partial charge in [-0.3, -0.25) is 5.41 Å². The van der Waals surface area contributed by atoms with Crippen molar-refractivity contribution in [1.29, 1.82) is 5.41 Å². The summed E-state index contributed by atoms with van der Waals surface area (Å²) in [5.74, 6) is 0.439. The fourth-order valence-corrected chi connectivity index (χ4v) is 7.14. The highest BCUT2D eigenvalue weighted by molar-refractivity contribution is 6.26. The first-order valence-corrected chi connectivity index (χ1v) is 16.0. The van der Waals surface area contributed by atoms with Crippen LogP contribution >= 0.6 is 0 Å². The average Bonchev–Trinajstić information content (AvgIpc) is 3.53. The molecule has 226 valence electrons. The quantitative estimate of drug-likeness (QED) is 0.117. The number of aliphatic imine (C=N–C) groups is 1. The number of para-hydroxylation sites is 1. The van der Waals surface area contributed by atoms with E-state index < -0.39 is 0 Å². The molecule has 4 heteroatoms. The summed E-state index contributed by atoms with van der Waals surface area (Å²) >= 11 is 0. The number of nitrogens with one attached hydrogen (secondary N) is 1. The zero-order valence-electron chi connectivity index (χ0n) is 25.9.